The van der Waals surface area contributed by atoms with Gasteiger partial charge in [-0.15, -0.1) is 0 Å². The lowest BCUT2D eigenvalue weighted by Gasteiger charge is -2.41. The number of amides is 1. The van der Waals surface area contributed by atoms with E-state index in [0.717, 1.165) is 36.9 Å². The van der Waals surface area contributed by atoms with Crippen molar-refractivity contribution in [2.45, 2.75) is 24.9 Å². The zero-order valence-corrected chi connectivity index (χ0v) is 15.3. The lowest BCUT2D eigenvalue weighted by atomic mass is 9.67. The van der Waals surface area contributed by atoms with Gasteiger partial charge in [0.15, 0.2) is 0 Å². The van der Waals surface area contributed by atoms with Crippen molar-refractivity contribution >= 4 is 11.4 Å². The molecule has 0 radical (unpaired) electrons. The van der Waals surface area contributed by atoms with Crippen molar-refractivity contribution in [2.75, 3.05) is 13.1 Å². The highest BCUT2D eigenvalue weighted by Gasteiger charge is 2.50. The predicted octanol–water partition coefficient (Wildman–Crippen LogP) is 3.70. The van der Waals surface area contributed by atoms with Crippen LogP contribution in [0, 0.1) is 11.8 Å². The molecule has 4 nitrogen and oxygen atoms in total. The van der Waals surface area contributed by atoms with E-state index in [0.29, 0.717) is 18.2 Å². The fourth-order valence-corrected chi connectivity index (χ4v) is 5.17. The van der Waals surface area contributed by atoms with E-state index in [4.69, 9.17) is 0 Å². The van der Waals surface area contributed by atoms with Crippen LogP contribution >= 0.6 is 0 Å². The average molecular weight is 360 g/mol. The van der Waals surface area contributed by atoms with Gasteiger partial charge in [-0.1, -0.05) is 36.4 Å². The molecule has 3 heterocycles. The number of hydrogen-bond donors (Lipinski definition) is 1. The van der Waals surface area contributed by atoms with Gasteiger partial charge in [-0.2, -0.15) is 0 Å². The third kappa shape index (κ3) is 2.59. The minimum Gasteiger partial charge on any atom is -0.385 e. The maximum absolute atomic E-state index is 13.2. The lowest BCUT2D eigenvalue weighted by molar-refractivity contribution is -0.0644. The van der Waals surface area contributed by atoms with Crippen LogP contribution in [-0.4, -0.2) is 33.4 Å². The average Bonchev–Trinajstić information content (AvgIpc) is 3.33. The van der Waals surface area contributed by atoms with E-state index in [1.165, 1.54) is 0 Å². The SMILES string of the molecule is O=C(c1ccc2ccccn12)N1C[C@@H]2CCC[C@@](O)(c3ccccc3)[C@@H]2C1. The number of carbonyl (C=O) groups excluding carboxylic acids is 1. The maximum atomic E-state index is 13.2. The van der Waals surface area contributed by atoms with E-state index in [-0.39, 0.29) is 11.8 Å². The van der Waals surface area contributed by atoms with E-state index in [1.807, 2.05) is 76.2 Å². The van der Waals surface area contributed by atoms with Crippen molar-refractivity contribution in [3.05, 3.63) is 78.1 Å². The first-order valence-electron chi connectivity index (χ1n) is 9.80. The van der Waals surface area contributed by atoms with Crippen LogP contribution in [0.4, 0.5) is 0 Å². The fourth-order valence-electron chi connectivity index (χ4n) is 5.17. The summed E-state index contributed by atoms with van der Waals surface area (Å²) in [5.74, 6) is 0.522. The number of aliphatic hydroxyl groups is 1. The first-order valence-corrected chi connectivity index (χ1v) is 9.80. The Hall–Kier alpha value is -2.59. The molecule has 5 rings (SSSR count). The molecule has 1 N–H and O–H groups in total. The van der Waals surface area contributed by atoms with Crippen molar-refractivity contribution in [3.63, 3.8) is 0 Å². The van der Waals surface area contributed by atoms with Crippen LogP contribution in [0.3, 0.4) is 0 Å². The lowest BCUT2D eigenvalue weighted by Crippen LogP contribution is -2.43. The van der Waals surface area contributed by atoms with Crippen LogP contribution in [-0.2, 0) is 5.60 Å². The summed E-state index contributed by atoms with van der Waals surface area (Å²) >= 11 is 0. The van der Waals surface area contributed by atoms with Gasteiger partial charge in [-0.05, 0) is 55.0 Å². The minimum atomic E-state index is -0.833. The number of likely N-dealkylation sites (tertiary alicyclic amines) is 1. The van der Waals surface area contributed by atoms with Gasteiger partial charge in [-0.25, -0.2) is 0 Å². The summed E-state index contributed by atoms with van der Waals surface area (Å²) in [6.45, 7) is 1.35. The Balaban J connectivity index is 1.45. The number of hydrogen-bond acceptors (Lipinski definition) is 2. The van der Waals surface area contributed by atoms with Crippen molar-refractivity contribution in [2.24, 2.45) is 11.8 Å². The summed E-state index contributed by atoms with van der Waals surface area (Å²) in [6.07, 6.45) is 4.79. The largest absolute Gasteiger partial charge is 0.385 e. The van der Waals surface area contributed by atoms with E-state index >= 15 is 0 Å². The zero-order valence-electron chi connectivity index (χ0n) is 15.3. The summed E-state index contributed by atoms with van der Waals surface area (Å²) in [5.41, 5.74) is 1.88. The van der Waals surface area contributed by atoms with Crippen molar-refractivity contribution in [1.82, 2.24) is 9.30 Å². The van der Waals surface area contributed by atoms with Crippen LogP contribution in [0.15, 0.2) is 66.9 Å². The number of carbonyl (C=O) groups is 1. The maximum Gasteiger partial charge on any atom is 0.270 e. The van der Waals surface area contributed by atoms with E-state index in [2.05, 4.69) is 0 Å². The van der Waals surface area contributed by atoms with E-state index in [9.17, 15) is 9.90 Å². The molecule has 1 aromatic carbocycles. The molecule has 2 aliphatic rings. The van der Waals surface area contributed by atoms with Gasteiger partial charge in [0.25, 0.3) is 5.91 Å². The number of rotatable bonds is 2. The molecule has 1 amide bonds. The highest BCUT2D eigenvalue weighted by molar-refractivity contribution is 5.94. The Morgan fingerprint density at radius 2 is 1.81 bits per heavy atom. The monoisotopic (exact) mass is 360 g/mol. The first-order chi connectivity index (χ1) is 13.2. The first kappa shape index (κ1) is 16.6. The molecule has 138 valence electrons. The van der Waals surface area contributed by atoms with Gasteiger partial charge in [-0.3, -0.25) is 4.79 Å². The van der Waals surface area contributed by atoms with E-state index in [1.54, 1.807) is 0 Å². The zero-order chi connectivity index (χ0) is 18.4. The summed E-state index contributed by atoms with van der Waals surface area (Å²) in [4.78, 5) is 15.2. The predicted molar refractivity (Wildman–Crippen MR) is 104 cm³/mol. The molecule has 0 spiro atoms. The molecule has 1 aliphatic heterocycles. The van der Waals surface area contributed by atoms with E-state index < -0.39 is 5.60 Å². The normalized spacial score (nSPS) is 27.7. The highest BCUT2D eigenvalue weighted by Crippen LogP contribution is 2.48. The van der Waals surface area contributed by atoms with Gasteiger partial charge < -0.3 is 14.4 Å². The Morgan fingerprint density at radius 1 is 1.00 bits per heavy atom. The van der Waals surface area contributed by atoms with Gasteiger partial charge in [0.1, 0.15) is 5.69 Å². The molecular weight excluding hydrogens is 336 g/mol. The van der Waals surface area contributed by atoms with Crippen LogP contribution in [0.1, 0.15) is 35.3 Å². The Kier molecular flexibility index (Phi) is 3.83. The quantitative estimate of drug-likeness (QED) is 0.757. The van der Waals surface area contributed by atoms with Gasteiger partial charge >= 0.3 is 0 Å². The fraction of sp³-hybridized carbons (Fsp3) is 0.348. The summed E-state index contributed by atoms with van der Waals surface area (Å²) in [6, 6.07) is 19.8. The van der Waals surface area contributed by atoms with Crippen LogP contribution < -0.4 is 0 Å². The molecule has 27 heavy (non-hydrogen) atoms. The smallest absolute Gasteiger partial charge is 0.270 e. The van der Waals surface area contributed by atoms with Gasteiger partial charge in [0.2, 0.25) is 0 Å². The third-order valence-corrected chi connectivity index (χ3v) is 6.53. The van der Waals surface area contributed by atoms with Crippen molar-refractivity contribution < 1.29 is 9.90 Å². The number of aromatic nitrogens is 1. The summed E-state index contributed by atoms with van der Waals surface area (Å²) in [7, 11) is 0. The number of fused-ring (bicyclic) bond motifs is 2. The number of nitrogens with zero attached hydrogens (tertiary/aromatic N) is 2. The summed E-state index contributed by atoms with van der Waals surface area (Å²) in [5, 5.41) is 11.6. The van der Waals surface area contributed by atoms with Crippen LogP contribution in [0.2, 0.25) is 0 Å². The van der Waals surface area contributed by atoms with Crippen molar-refractivity contribution in [1.29, 1.82) is 0 Å². The minimum absolute atomic E-state index is 0.0611. The van der Waals surface area contributed by atoms with Gasteiger partial charge in [0, 0.05) is 30.7 Å². The van der Waals surface area contributed by atoms with Crippen LogP contribution in [0.25, 0.3) is 5.52 Å². The topological polar surface area (TPSA) is 45.0 Å². The Morgan fingerprint density at radius 3 is 2.67 bits per heavy atom. The molecule has 2 fully saturated rings. The number of pyridine rings is 1. The molecule has 1 saturated heterocycles. The third-order valence-electron chi connectivity index (χ3n) is 6.53. The molecule has 2 aromatic heterocycles. The van der Waals surface area contributed by atoms with Gasteiger partial charge in [0.05, 0.1) is 5.60 Å². The molecule has 3 atom stereocenters. The second kappa shape index (κ2) is 6.24. The second-order valence-electron chi connectivity index (χ2n) is 7.97. The molecular formula is C23H24N2O2. The second-order valence-corrected chi connectivity index (χ2v) is 7.97. The standard InChI is InChI=1S/C23H24N2O2/c26-22(21-12-11-19-10-4-5-14-25(19)21)24-15-17-7-6-13-23(27,20(17)16-24)18-8-2-1-3-9-18/h1-5,8-12,14,17,20,27H,6-7,13,15-16H2/t17-,20+,23+/m0/s1. The van der Waals surface area contributed by atoms with Crippen LogP contribution in [0.5, 0.6) is 0 Å². The highest BCUT2D eigenvalue weighted by atomic mass is 16.3. The molecule has 1 saturated carbocycles. The Bertz CT molecular complexity index is 980. The molecule has 4 heteroatoms. The molecule has 1 aliphatic carbocycles. The van der Waals surface area contributed by atoms with Crippen molar-refractivity contribution in [3.8, 4) is 0 Å². The molecule has 0 bridgehead atoms. The molecule has 0 unspecified atom stereocenters. The summed E-state index contributed by atoms with van der Waals surface area (Å²) < 4.78 is 1.95. The molecule has 3 aromatic rings. The Labute approximate surface area is 159 Å². The number of benzene rings is 1.